The Morgan fingerprint density at radius 3 is 2.76 bits per heavy atom. The number of nitrogens with zero attached hydrogens (tertiary/aromatic N) is 1. The van der Waals surface area contributed by atoms with Crippen molar-refractivity contribution < 1.29 is 18.7 Å². The van der Waals surface area contributed by atoms with E-state index >= 15 is 0 Å². The SMILES string of the molecule is COc1ccc(CCNCCC(=O)NN=Cc2ccco2)cc1OC. The average molecular weight is 345 g/mol. The number of rotatable bonds is 10. The minimum Gasteiger partial charge on any atom is -0.493 e. The highest BCUT2D eigenvalue weighted by Crippen LogP contribution is 2.27. The van der Waals surface area contributed by atoms with Crippen LogP contribution < -0.4 is 20.2 Å². The van der Waals surface area contributed by atoms with Crippen molar-refractivity contribution in [3.05, 3.63) is 47.9 Å². The van der Waals surface area contributed by atoms with Crippen LogP contribution >= 0.6 is 0 Å². The van der Waals surface area contributed by atoms with Crippen LogP contribution in [0.4, 0.5) is 0 Å². The van der Waals surface area contributed by atoms with E-state index in [2.05, 4.69) is 15.8 Å². The Kier molecular flexibility index (Phi) is 7.52. The van der Waals surface area contributed by atoms with Gasteiger partial charge in [0.05, 0.1) is 26.7 Å². The summed E-state index contributed by atoms with van der Waals surface area (Å²) in [5, 5.41) is 7.06. The highest BCUT2D eigenvalue weighted by molar-refractivity contribution is 5.80. The lowest BCUT2D eigenvalue weighted by molar-refractivity contribution is -0.120. The van der Waals surface area contributed by atoms with Crippen molar-refractivity contribution in [1.29, 1.82) is 0 Å². The smallest absolute Gasteiger partial charge is 0.241 e. The van der Waals surface area contributed by atoms with E-state index in [1.54, 1.807) is 32.6 Å². The Hall–Kier alpha value is -2.80. The molecule has 0 fully saturated rings. The predicted octanol–water partition coefficient (Wildman–Crippen LogP) is 1.97. The van der Waals surface area contributed by atoms with Gasteiger partial charge in [-0.3, -0.25) is 4.79 Å². The maximum atomic E-state index is 11.6. The molecule has 0 aliphatic carbocycles. The van der Waals surface area contributed by atoms with Crippen molar-refractivity contribution in [1.82, 2.24) is 10.7 Å². The second kappa shape index (κ2) is 10.1. The van der Waals surface area contributed by atoms with E-state index in [1.165, 1.54) is 6.21 Å². The highest BCUT2D eigenvalue weighted by atomic mass is 16.5. The van der Waals surface area contributed by atoms with Crippen molar-refractivity contribution in [2.45, 2.75) is 12.8 Å². The van der Waals surface area contributed by atoms with Crippen molar-refractivity contribution in [3.8, 4) is 11.5 Å². The van der Waals surface area contributed by atoms with Crippen molar-refractivity contribution >= 4 is 12.1 Å². The number of methoxy groups -OCH3 is 2. The van der Waals surface area contributed by atoms with Gasteiger partial charge in [0, 0.05) is 13.0 Å². The second-order valence-corrected chi connectivity index (χ2v) is 5.25. The fourth-order valence-electron chi connectivity index (χ4n) is 2.18. The Morgan fingerprint density at radius 2 is 2.04 bits per heavy atom. The van der Waals surface area contributed by atoms with Gasteiger partial charge in [0.1, 0.15) is 5.76 Å². The van der Waals surface area contributed by atoms with Gasteiger partial charge in [0.2, 0.25) is 5.91 Å². The number of carbonyl (C=O) groups is 1. The maximum Gasteiger partial charge on any atom is 0.241 e. The number of benzene rings is 1. The standard InChI is InChI=1S/C18H23N3O4/c1-23-16-6-5-14(12-17(16)24-2)7-9-19-10-8-18(22)21-20-13-15-4-3-11-25-15/h3-6,11-13,19H,7-10H2,1-2H3,(H,21,22). The van der Waals surface area contributed by atoms with Gasteiger partial charge in [0.15, 0.2) is 11.5 Å². The summed E-state index contributed by atoms with van der Waals surface area (Å²) in [5.41, 5.74) is 3.59. The van der Waals surface area contributed by atoms with Crippen molar-refractivity contribution in [2.24, 2.45) is 5.10 Å². The lowest BCUT2D eigenvalue weighted by atomic mass is 10.1. The summed E-state index contributed by atoms with van der Waals surface area (Å²) in [5.74, 6) is 1.87. The van der Waals surface area contributed by atoms with E-state index in [-0.39, 0.29) is 5.91 Å². The Morgan fingerprint density at radius 1 is 1.20 bits per heavy atom. The molecule has 0 saturated heterocycles. The Balaban J connectivity index is 1.62. The molecule has 0 spiro atoms. The molecule has 0 atom stereocenters. The van der Waals surface area contributed by atoms with Crippen LogP contribution in [0.2, 0.25) is 0 Å². The molecular weight excluding hydrogens is 322 g/mol. The largest absolute Gasteiger partial charge is 0.493 e. The zero-order valence-electron chi connectivity index (χ0n) is 14.5. The first-order valence-corrected chi connectivity index (χ1v) is 8.00. The van der Waals surface area contributed by atoms with E-state index in [0.717, 1.165) is 18.5 Å². The van der Waals surface area contributed by atoms with Gasteiger partial charge < -0.3 is 19.2 Å². The lowest BCUT2D eigenvalue weighted by Gasteiger charge is -2.10. The molecule has 1 amide bonds. The molecule has 2 rings (SSSR count). The quantitative estimate of drug-likeness (QED) is 0.391. The van der Waals surface area contributed by atoms with Crippen LogP contribution in [0, 0.1) is 0 Å². The first kappa shape index (κ1) is 18.5. The van der Waals surface area contributed by atoms with Gasteiger partial charge >= 0.3 is 0 Å². The molecule has 2 N–H and O–H groups in total. The van der Waals surface area contributed by atoms with Crippen LogP contribution in [0.5, 0.6) is 11.5 Å². The Bertz CT molecular complexity index is 684. The van der Waals surface area contributed by atoms with E-state index < -0.39 is 0 Å². The van der Waals surface area contributed by atoms with Crippen LogP contribution in [-0.4, -0.2) is 39.4 Å². The third kappa shape index (κ3) is 6.31. The van der Waals surface area contributed by atoms with Crippen LogP contribution in [0.1, 0.15) is 17.7 Å². The molecule has 1 heterocycles. The number of hydrazone groups is 1. The zero-order valence-corrected chi connectivity index (χ0v) is 14.5. The van der Waals surface area contributed by atoms with Gasteiger partial charge in [-0.05, 0) is 42.8 Å². The number of carbonyl (C=O) groups excluding carboxylic acids is 1. The third-order valence-corrected chi connectivity index (χ3v) is 3.49. The Labute approximate surface area is 147 Å². The number of hydrogen-bond acceptors (Lipinski definition) is 6. The molecular formula is C18H23N3O4. The molecule has 0 unspecified atom stereocenters. The summed E-state index contributed by atoms with van der Waals surface area (Å²) < 4.78 is 15.6. The van der Waals surface area contributed by atoms with E-state index in [1.807, 2.05) is 18.2 Å². The summed E-state index contributed by atoms with van der Waals surface area (Å²) in [7, 11) is 3.23. The van der Waals surface area contributed by atoms with Gasteiger partial charge in [-0.25, -0.2) is 5.43 Å². The fraction of sp³-hybridized carbons (Fsp3) is 0.333. The number of hydrogen-bond donors (Lipinski definition) is 2. The molecule has 0 aliphatic heterocycles. The number of nitrogens with one attached hydrogen (secondary N) is 2. The summed E-state index contributed by atoms with van der Waals surface area (Å²) >= 11 is 0. The molecule has 0 saturated carbocycles. The van der Waals surface area contributed by atoms with E-state index in [4.69, 9.17) is 13.9 Å². The van der Waals surface area contributed by atoms with Gasteiger partial charge in [-0.1, -0.05) is 6.07 Å². The van der Waals surface area contributed by atoms with Gasteiger partial charge in [0.25, 0.3) is 0 Å². The summed E-state index contributed by atoms with van der Waals surface area (Å²) in [6.07, 6.45) is 4.19. The molecule has 0 aliphatic rings. The maximum absolute atomic E-state index is 11.6. The number of amides is 1. The summed E-state index contributed by atoms with van der Waals surface area (Å²) in [6.45, 7) is 1.34. The van der Waals surface area contributed by atoms with Crippen molar-refractivity contribution in [3.63, 3.8) is 0 Å². The summed E-state index contributed by atoms with van der Waals surface area (Å²) in [4.78, 5) is 11.6. The zero-order chi connectivity index (χ0) is 17.9. The first-order valence-electron chi connectivity index (χ1n) is 8.00. The molecule has 7 heteroatoms. The van der Waals surface area contributed by atoms with Gasteiger partial charge in [-0.2, -0.15) is 5.10 Å². The molecule has 7 nitrogen and oxygen atoms in total. The predicted molar refractivity (Wildman–Crippen MR) is 95.2 cm³/mol. The van der Waals surface area contributed by atoms with E-state index in [9.17, 15) is 4.79 Å². The monoisotopic (exact) mass is 345 g/mol. The molecule has 25 heavy (non-hydrogen) atoms. The van der Waals surface area contributed by atoms with Crippen LogP contribution in [0.3, 0.4) is 0 Å². The number of furan rings is 1. The first-order chi connectivity index (χ1) is 12.2. The fourth-order valence-corrected chi connectivity index (χ4v) is 2.18. The average Bonchev–Trinajstić information content (AvgIpc) is 3.14. The second-order valence-electron chi connectivity index (χ2n) is 5.25. The van der Waals surface area contributed by atoms with Gasteiger partial charge in [-0.15, -0.1) is 0 Å². The molecule has 134 valence electrons. The summed E-state index contributed by atoms with van der Waals surface area (Å²) in [6, 6.07) is 9.35. The van der Waals surface area contributed by atoms with Crippen LogP contribution in [0.25, 0.3) is 0 Å². The normalized spacial score (nSPS) is 10.8. The highest BCUT2D eigenvalue weighted by Gasteiger charge is 2.04. The topological polar surface area (TPSA) is 85.1 Å². The molecule has 1 aromatic heterocycles. The molecule has 0 radical (unpaired) electrons. The third-order valence-electron chi connectivity index (χ3n) is 3.49. The molecule has 2 aromatic rings. The molecule has 1 aromatic carbocycles. The minimum absolute atomic E-state index is 0.151. The minimum atomic E-state index is -0.151. The van der Waals surface area contributed by atoms with E-state index in [0.29, 0.717) is 30.2 Å². The molecule has 0 bridgehead atoms. The van der Waals surface area contributed by atoms with Crippen molar-refractivity contribution in [2.75, 3.05) is 27.3 Å². The van der Waals surface area contributed by atoms with Crippen LogP contribution in [-0.2, 0) is 11.2 Å². The van der Waals surface area contributed by atoms with Crippen LogP contribution in [0.15, 0.2) is 46.1 Å². The number of ether oxygens (including phenoxy) is 2. The lowest BCUT2D eigenvalue weighted by Crippen LogP contribution is -2.25.